The molecule has 1 fully saturated rings. The van der Waals surface area contributed by atoms with Gasteiger partial charge in [-0.2, -0.15) is 0 Å². The van der Waals surface area contributed by atoms with E-state index in [9.17, 15) is 0 Å². The van der Waals surface area contributed by atoms with Crippen molar-refractivity contribution in [1.82, 2.24) is 10.2 Å². The van der Waals surface area contributed by atoms with Crippen molar-refractivity contribution in [2.45, 2.75) is 45.7 Å². The van der Waals surface area contributed by atoms with Gasteiger partial charge in [0.25, 0.3) is 0 Å². The number of likely N-dealkylation sites (N-methyl/N-ethyl adjacent to an activating group) is 1. The smallest absolute Gasteiger partial charge is 0.0412 e. The first kappa shape index (κ1) is 16.3. The highest BCUT2D eigenvalue weighted by atomic mass is 15.2. The van der Waals surface area contributed by atoms with Gasteiger partial charge in [-0.15, -0.1) is 0 Å². The Hall–Kier alpha value is -1.06. The normalized spacial score (nSPS) is 14.7. The fourth-order valence-corrected chi connectivity index (χ4v) is 2.65. The van der Waals surface area contributed by atoms with E-state index in [2.05, 4.69) is 61.3 Å². The van der Waals surface area contributed by atoms with E-state index < -0.39 is 0 Å². The average molecular weight is 289 g/mol. The zero-order valence-corrected chi connectivity index (χ0v) is 14.2. The molecule has 1 aromatic rings. The van der Waals surface area contributed by atoms with Gasteiger partial charge in [0.1, 0.15) is 0 Å². The Balaban J connectivity index is 2.11. The minimum absolute atomic E-state index is 0.764. The van der Waals surface area contributed by atoms with Gasteiger partial charge in [0, 0.05) is 37.9 Å². The molecule has 21 heavy (non-hydrogen) atoms. The number of anilines is 1. The number of hydrogen-bond donors (Lipinski definition) is 1. The molecule has 0 amide bonds. The molecule has 3 nitrogen and oxygen atoms in total. The van der Waals surface area contributed by atoms with E-state index in [0.29, 0.717) is 0 Å². The third kappa shape index (κ3) is 5.33. The topological polar surface area (TPSA) is 18.5 Å². The number of benzene rings is 1. The molecular weight excluding hydrogens is 258 g/mol. The Morgan fingerprint density at radius 3 is 2.52 bits per heavy atom. The van der Waals surface area contributed by atoms with Crippen molar-refractivity contribution < 1.29 is 0 Å². The maximum absolute atomic E-state index is 3.67. The maximum atomic E-state index is 3.67. The van der Waals surface area contributed by atoms with Crippen LogP contribution in [0.5, 0.6) is 0 Å². The van der Waals surface area contributed by atoms with Crippen LogP contribution in [-0.4, -0.2) is 44.7 Å². The van der Waals surface area contributed by atoms with Crippen LogP contribution in [0.25, 0.3) is 0 Å². The molecule has 1 aliphatic rings. The molecule has 0 atom stereocenters. The molecule has 0 spiro atoms. The number of aryl methyl sites for hydroxylation is 1. The Morgan fingerprint density at radius 2 is 1.90 bits per heavy atom. The fourth-order valence-electron chi connectivity index (χ4n) is 2.65. The van der Waals surface area contributed by atoms with Gasteiger partial charge in [-0.3, -0.25) is 0 Å². The SMILES string of the molecule is CCCN(CCN(C)C)c1ccc(C)cc1CNC1CC1. The quantitative estimate of drug-likeness (QED) is 0.754. The van der Waals surface area contributed by atoms with Crippen molar-refractivity contribution >= 4 is 5.69 Å². The molecule has 118 valence electrons. The molecule has 0 unspecified atom stereocenters. The molecule has 0 heterocycles. The first-order chi connectivity index (χ1) is 10.1. The second-order valence-corrected chi connectivity index (χ2v) is 6.58. The molecule has 2 rings (SSSR count). The van der Waals surface area contributed by atoms with Gasteiger partial charge in [-0.25, -0.2) is 0 Å². The summed E-state index contributed by atoms with van der Waals surface area (Å²) < 4.78 is 0. The van der Waals surface area contributed by atoms with Crippen molar-refractivity contribution in [1.29, 1.82) is 0 Å². The largest absolute Gasteiger partial charge is 0.370 e. The van der Waals surface area contributed by atoms with Gasteiger partial charge < -0.3 is 15.1 Å². The van der Waals surface area contributed by atoms with Crippen LogP contribution in [0.15, 0.2) is 18.2 Å². The molecule has 0 bridgehead atoms. The number of nitrogens with one attached hydrogen (secondary N) is 1. The number of rotatable bonds is 9. The summed E-state index contributed by atoms with van der Waals surface area (Å²) in [4.78, 5) is 4.81. The zero-order valence-electron chi connectivity index (χ0n) is 14.2. The predicted molar refractivity (Wildman–Crippen MR) is 92.1 cm³/mol. The summed E-state index contributed by atoms with van der Waals surface area (Å²) in [6.07, 6.45) is 3.89. The van der Waals surface area contributed by atoms with E-state index in [0.717, 1.165) is 32.2 Å². The van der Waals surface area contributed by atoms with Gasteiger partial charge in [0.15, 0.2) is 0 Å². The minimum Gasteiger partial charge on any atom is -0.370 e. The van der Waals surface area contributed by atoms with Crippen LogP contribution in [0, 0.1) is 6.92 Å². The van der Waals surface area contributed by atoms with E-state index in [1.807, 2.05) is 0 Å². The molecule has 1 aromatic carbocycles. The fraction of sp³-hybridized carbons (Fsp3) is 0.667. The van der Waals surface area contributed by atoms with E-state index >= 15 is 0 Å². The lowest BCUT2D eigenvalue weighted by Gasteiger charge is -2.28. The lowest BCUT2D eigenvalue weighted by atomic mass is 10.1. The van der Waals surface area contributed by atoms with E-state index in [1.165, 1.54) is 36.1 Å². The Kier molecular flexibility index (Phi) is 6.07. The van der Waals surface area contributed by atoms with Crippen LogP contribution in [0.2, 0.25) is 0 Å². The lowest BCUT2D eigenvalue weighted by molar-refractivity contribution is 0.412. The molecule has 3 heteroatoms. The van der Waals surface area contributed by atoms with E-state index in [4.69, 9.17) is 0 Å². The summed E-state index contributed by atoms with van der Waals surface area (Å²) in [6.45, 7) is 8.79. The molecule has 0 saturated heterocycles. The molecule has 0 aromatic heterocycles. The predicted octanol–water partition coefficient (Wildman–Crippen LogP) is 3.03. The van der Waals surface area contributed by atoms with Crippen molar-refractivity contribution in [3.8, 4) is 0 Å². The molecule has 0 radical (unpaired) electrons. The van der Waals surface area contributed by atoms with Gasteiger partial charge in [-0.05, 0) is 51.9 Å². The second kappa shape index (κ2) is 7.81. The average Bonchev–Trinajstić information content (AvgIpc) is 3.25. The molecule has 1 aliphatic carbocycles. The van der Waals surface area contributed by atoms with Gasteiger partial charge in [0.05, 0.1) is 0 Å². The zero-order chi connectivity index (χ0) is 15.2. The Morgan fingerprint density at radius 1 is 1.14 bits per heavy atom. The Bertz CT molecular complexity index is 438. The third-order valence-corrected chi connectivity index (χ3v) is 4.04. The van der Waals surface area contributed by atoms with Gasteiger partial charge in [-0.1, -0.05) is 24.6 Å². The van der Waals surface area contributed by atoms with Crippen molar-refractivity contribution in [2.75, 3.05) is 38.6 Å². The molecule has 0 aliphatic heterocycles. The monoisotopic (exact) mass is 289 g/mol. The standard InChI is InChI=1S/C18H31N3/c1-5-10-21(12-11-20(3)4)18-9-6-15(2)13-16(18)14-19-17-7-8-17/h6,9,13,17,19H,5,7-8,10-12,14H2,1-4H3. The van der Waals surface area contributed by atoms with Gasteiger partial charge >= 0.3 is 0 Å². The van der Waals surface area contributed by atoms with Crippen LogP contribution in [0.3, 0.4) is 0 Å². The van der Waals surface area contributed by atoms with Gasteiger partial charge in [0.2, 0.25) is 0 Å². The summed E-state index contributed by atoms with van der Waals surface area (Å²) >= 11 is 0. The van der Waals surface area contributed by atoms with Crippen molar-refractivity contribution in [2.24, 2.45) is 0 Å². The number of nitrogens with zero attached hydrogens (tertiary/aromatic N) is 2. The van der Waals surface area contributed by atoms with Crippen LogP contribution < -0.4 is 10.2 Å². The minimum atomic E-state index is 0.764. The molecule has 1 N–H and O–H groups in total. The van der Waals surface area contributed by atoms with Crippen LogP contribution in [0.4, 0.5) is 5.69 Å². The summed E-state index contributed by atoms with van der Waals surface area (Å²) in [6, 6.07) is 7.67. The number of hydrogen-bond acceptors (Lipinski definition) is 3. The van der Waals surface area contributed by atoms with E-state index in [-0.39, 0.29) is 0 Å². The third-order valence-electron chi connectivity index (χ3n) is 4.04. The van der Waals surface area contributed by atoms with Crippen molar-refractivity contribution in [3.63, 3.8) is 0 Å². The molecule has 1 saturated carbocycles. The summed E-state index contributed by atoms with van der Waals surface area (Å²) in [5, 5.41) is 3.67. The maximum Gasteiger partial charge on any atom is 0.0412 e. The summed E-state index contributed by atoms with van der Waals surface area (Å²) in [5.74, 6) is 0. The van der Waals surface area contributed by atoms with Crippen LogP contribution >= 0.6 is 0 Å². The van der Waals surface area contributed by atoms with Crippen molar-refractivity contribution in [3.05, 3.63) is 29.3 Å². The highest BCUT2D eigenvalue weighted by molar-refractivity contribution is 5.55. The van der Waals surface area contributed by atoms with Crippen LogP contribution in [0.1, 0.15) is 37.3 Å². The first-order valence-electron chi connectivity index (χ1n) is 8.32. The Labute approximate surface area is 130 Å². The molecular formula is C18H31N3. The highest BCUT2D eigenvalue weighted by Crippen LogP contribution is 2.25. The summed E-state index contributed by atoms with van der Waals surface area (Å²) in [5.41, 5.74) is 4.22. The van der Waals surface area contributed by atoms with Crippen LogP contribution in [-0.2, 0) is 6.54 Å². The second-order valence-electron chi connectivity index (χ2n) is 6.58. The summed E-state index contributed by atoms with van der Waals surface area (Å²) in [7, 11) is 4.30. The highest BCUT2D eigenvalue weighted by Gasteiger charge is 2.21. The lowest BCUT2D eigenvalue weighted by Crippen LogP contribution is -2.33. The van der Waals surface area contributed by atoms with E-state index in [1.54, 1.807) is 0 Å². The first-order valence-corrected chi connectivity index (χ1v) is 8.32.